The van der Waals surface area contributed by atoms with Crippen molar-refractivity contribution in [2.75, 3.05) is 0 Å². The van der Waals surface area contributed by atoms with E-state index in [0.717, 1.165) is 5.69 Å². The maximum Gasteiger partial charge on any atom is 0.179 e. The molecule has 0 saturated heterocycles. The Morgan fingerprint density at radius 2 is 0.949 bits per heavy atom. The summed E-state index contributed by atoms with van der Waals surface area (Å²) < 4.78 is 7.65. The molecule has 278 valence electrons. The van der Waals surface area contributed by atoms with E-state index in [9.17, 15) is 0 Å². The number of aromatic nitrogens is 2. The highest BCUT2D eigenvalue weighted by Crippen LogP contribution is 2.42. The lowest BCUT2D eigenvalue weighted by Gasteiger charge is -2.35. The van der Waals surface area contributed by atoms with E-state index in [1.54, 1.807) is 0 Å². The molecule has 3 heterocycles. The molecule has 0 radical (unpaired) electrons. The van der Waals surface area contributed by atoms with E-state index < -0.39 is 8.07 Å². The summed E-state index contributed by atoms with van der Waals surface area (Å²) in [5, 5.41) is 13.2. The summed E-state index contributed by atoms with van der Waals surface area (Å²) in [5.74, 6) is 0. The smallest absolute Gasteiger partial charge is 0.179 e. The minimum atomic E-state index is -2.92. The van der Waals surface area contributed by atoms with Crippen LogP contribution >= 0.6 is 11.3 Å². The van der Waals surface area contributed by atoms with Gasteiger partial charge >= 0.3 is 0 Å². The summed E-state index contributed by atoms with van der Waals surface area (Å²) in [7, 11) is -2.92. The van der Waals surface area contributed by atoms with Crippen LogP contribution in [0.25, 0.3) is 75.2 Å². The van der Waals surface area contributed by atoms with Crippen LogP contribution in [0.4, 0.5) is 0 Å². The van der Waals surface area contributed by atoms with E-state index >= 15 is 0 Å². The van der Waals surface area contributed by atoms with Crippen LogP contribution in [-0.2, 0) is 0 Å². The molecule has 0 saturated carbocycles. The number of fused-ring (bicyclic) bond motifs is 10. The third-order valence-electron chi connectivity index (χ3n) is 12.5. The molecule has 0 aliphatic heterocycles. The van der Waals surface area contributed by atoms with Gasteiger partial charge in [0.2, 0.25) is 0 Å². The summed E-state index contributed by atoms with van der Waals surface area (Å²) >= 11 is 1.89. The van der Waals surface area contributed by atoms with Crippen molar-refractivity contribution < 1.29 is 0 Å². The van der Waals surface area contributed by atoms with Gasteiger partial charge in [-0.05, 0) is 87.8 Å². The van der Waals surface area contributed by atoms with Gasteiger partial charge in [-0.25, -0.2) is 0 Å². The number of nitrogens with zero attached hydrogens (tertiary/aromatic N) is 2. The molecule has 59 heavy (non-hydrogen) atoms. The van der Waals surface area contributed by atoms with Crippen molar-refractivity contribution in [2.24, 2.45) is 0 Å². The summed E-state index contributed by atoms with van der Waals surface area (Å²) in [4.78, 5) is 0. The van der Waals surface area contributed by atoms with Gasteiger partial charge in [0.1, 0.15) is 0 Å². The topological polar surface area (TPSA) is 9.86 Å². The van der Waals surface area contributed by atoms with Gasteiger partial charge in [0.05, 0.1) is 22.1 Å². The van der Waals surface area contributed by atoms with Crippen LogP contribution in [0.1, 0.15) is 5.56 Å². The number of aryl methyl sites for hydroxylation is 1. The molecule has 0 aliphatic carbocycles. The molecule has 0 atom stereocenters. The van der Waals surface area contributed by atoms with Crippen LogP contribution < -0.4 is 20.7 Å². The first-order valence-corrected chi connectivity index (χ1v) is 23.2. The summed E-state index contributed by atoms with van der Waals surface area (Å²) in [6, 6.07) is 79.6. The number of thiophene rings is 1. The van der Waals surface area contributed by atoms with Crippen molar-refractivity contribution in [3.05, 3.63) is 218 Å². The summed E-state index contributed by atoms with van der Waals surface area (Å²) in [5.41, 5.74) is 8.45. The first kappa shape index (κ1) is 34.1. The van der Waals surface area contributed by atoms with E-state index in [1.807, 2.05) is 11.3 Å². The minimum Gasteiger partial charge on any atom is -0.309 e. The van der Waals surface area contributed by atoms with Crippen molar-refractivity contribution in [1.82, 2.24) is 9.13 Å². The Bertz CT molecular complexity index is 3520. The minimum absolute atomic E-state index is 1.16. The van der Waals surface area contributed by atoms with Crippen molar-refractivity contribution >= 4 is 104 Å². The zero-order valence-corrected chi connectivity index (χ0v) is 34.3. The maximum absolute atomic E-state index is 2.92. The van der Waals surface area contributed by atoms with Gasteiger partial charge in [-0.1, -0.05) is 158 Å². The van der Waals surface area contributed by atoms with E-state index in [1.165, 1.54) is 95.8 Å². The molecular weight excluding hydrogens is 749 g/mol. The molecule has 12 rings (SSSR count). The van der Waals surface area contributed by atoms with Crippen LogP contribution in [0.15, 0.2) is 212 Å². The monoisotopic (exact) mass is 786 g/mol. The standard InChI is InChI=1S/C55H38N2SSi/c1-37-33-39(56-50-27-15-12-25-47(50)54-51(56)31-30-46-44-23-11-14-26-49(44)57(55(46)54)38-17-5-2-6-18-38)35-43(34-37)59(40-19-7-3-8-20-40,41-21-9-4-10-22-41)42-29-32-53-48(36-42)45-24-13-16-28-52(45)58-53/h2-36H,1H3. The molecule has 0 N–H and O–H groups in total. The average molecular weight is 787 g/mol. The van der Waals surface area contributed by atoms with Gasteiger partial charge in [0.25, 0.3) is 0 Å². The second-order valence-corrected chi connectivity index (χ2v) is 20.6. The number of rotatable bonds is 6. The Morgan fingerprint density at radius 1 is 0.356 bits per heavy atom. The van der Waals surface area contributed by atoms with Gasteiger partial charge in [-0.2, -0.15) is 0 Å². The molecule has 0 aliphatic rings. The lowest BCUT2D eigenvalue weighted by molar-refractivity contribution is 1.17. The number of benzene rings is 9. The Morgan fingerprint density at radius 3 is 1.68 bits per heavy atom. The quantitative estimate of drug-likeness (QED) is 0.117. The predicted octanol–water partition coefficient (Wildman–Crippen LogP) is 11.9. The molecule has 2 nitrogen and oxygen atoms in total. The average Bonchev–Trinajstić information content (AvgIpc) is 3.95. The molecule has 0 amide bonds. The first-order chi connectivity index (χ1) is 29.2. The third-order valence-corrected chi connectivity index (χ3v) is 18.3. The van der Waals surface area contributed by atoms with Crippen LogP contribution in [0.2, 0.25) is 0 Å². The highest BCUT2D eigenvalue weighted by Gasteiger charge is 2.42. The third kappa shape index (κ3) is 5.04. The molecule has 0 spiro atoms. The fraction of sp³-hybridized carbons (Fsp3) is 0.0182. The normalized spacial score (nSPS) is 12.2. The van der Waals surface area contributed by atoms with E-state index in [4.69, 9.17) is 0 Å². The van der Waals surface area contributed by atoms with Gasteiger partial charge in [0.15, 0.2) is 8.07 Å². The van der Waals surface area contributed by atoms with Gasteiger partial charge in [-0.3, -0.25) is 0 Å². The van der Waals surface area contributed by atoms with Gasteiger partial charge in [0, 0.05) is 53.1 Å². The number of hydrogen-bond acceptors (Lipinski definition) is 1. The van der Waals surface area contributed by atoms with Gasteiger partial charge < -0.3 is 9.13 Å². The zero-order valence-electron chi connectivity index (χ0n) is 32.5. The lowest BCUT2D eigenvalue weighted by Crippen LogP contribution is -2.74. The molecule has 4 heteroatoms. The molecule has 0 fully saturated rings. The summed E-state index contributed by atoms with van der Waals surface area (Å²) in [6.07, 6.45) is 0. The van der Waals surface area contributed by atoms with Crippen LogP contribution in [0.3, 0.4) is 0 Å². The van der Waals surface area contributed by atoms with Crippen LogP contribution in [0.5, 0.6) is 0 Å². The number of hydrogen-bond donors (Lipinski definition) is 0. The Labute approximate surface area is 347 Å². The van der Waals surface area contributed by atoms with Crippen LogP contribution in [-0.4, -0.2) is 17.2 Å². The molecule has 0 bridgehead atoms. The Balaban J connectivity index is 1.20. The molecule has 12 aromatic rings. The first-order valence-electron chi connectivity index (χ1n) is 20.3. The molecular formula is C55H38N2SSi. The second-order valence-electron chi connectivity index (χ2n) is 15.7. The van der Waals surface area contributed by atoms with Crippen molar-refractivity contribution in [3.8, 4) is 11.4 Å². The predicted molar refractivity (Wildman–Crippen MR) is 256 cm³/mol. The molecule has 9 aromatic carbocycles. The van der Waals surface area contributed by atoms with E-state index in [0.29, 0.717) is 0 Å². The number of para-hydroxylation sites is 3. The van der Waals surface area contributed by atoms with E-state index in [-0.39, 0.29) is 0 Å². The Hall–Kier alpha value is -6.98. The van der Waals surface area contributed by atoms with Crippen molar-refractivity contribution in [3.63, 3.8) is 0 Å². The highest BCUT2D eigenvalue weighted by molar-refractivity contribution is 7.26. The maximum atomic E-state index is 2.53. The second kappa shape index (κ2) is 13.3. The van der Waals surface area contributed by atoms with Crippen molar-refractivity contribution in [2.45, 2.75) is 6.92 Å². The highest BCUT2D eigenvalue weighted by atomic mass is 32.1. The SMILES string of the molecule is Cc1cc(-n2c3ccccc3c3c2ccc2c4ccccc4n(-c4ccccc4)c23)cc([Si](c2ccccc2)(c2ccccc2)c2ccc3sc4ccccc4c3c2)c1. The summed E-state index contributed by atoms with van der Waals surface area (Å²) in [6.45, 7) is 2.27. The lowest BCUT2D eigenvalue weighted by atomic mass is 10.1. The molecule has 3 aromatic heterocycles. The van der Waals surface area contributed by atoms with Gasteiger partial charge in [-0.15, -0.1) is 11.3 Å². The van der Waals surface area contributed by atoms with E-state index in [2.05, 4.69) is 228 Å². The fourth-order valence-electron chi connectivity index (χ4n) is 10.1. The Kier molecular flexibility index (Phi) is 7.68. The van der Waals surface area contributed by atoms with Crippen LogP contribution in [0, 0.1) is 6.92 Å². The zero-order chi connectivity index (χ0) is 39.1. The molecule has 0 unspecified atom stereocenters. The fourth-order valence-corrected chi connectivity index (χ4v) is 16.1. The van der Waals surface area contributed by atoms with Crippen molar-refractivity contribution in [1.29, 1.82) is 0 Å². The largest absolute Gasteiger partial charge is 0.309 e.